The van der Waals surface area contributed by atoms with E-state index < -0.39 is 0 Å². The number of hydrogen-bond donors (Lipinski definition) is 0. The normalized spacial score (nSPS) is 10.7. The number of rotatable bonds is 9. The van der Waals surface area contributed by atoms with Crippen molar-refractivity contribution in [2.24, 2.45) is 0 Å². The second kappa shape index (κ2) is 10.2. The Kier molecular flexibility index (Phi) is 6.87. The molecule has 0 unspecified atom stereocenters. The number of para-hydroxylation sites is 1. The Hall–Kier alpha value is -3.58. The third kappa shape index (κ3) is 5.18. The Bertz CT molecular complexity index is 1170. The number of aryl methyl sites for hydroxylation is 1. The SMILES string of the molecule is COc1ccc(OCc2nnc(SCC(=O)c3ccc(C)cc3)n2-c2ccccc2)cc1. The molecule has 162 valence electrons. The van der Waals surface area contributed by atoms with Gasteiger partial charge in [0.15, 0.2) is 16.8 Å². The summed E-state index contributed by atoms with van der Waals surface area (Å²) in [5.41, 5.74) is 2.73. The Balaban J connectivity index is 1.52. The van der Waals surface area contributed by atoms with E-state index in [4.69, 9.17) is 9.47 Å². The van der Waals surface area contributed by atoms with E-state index in [0.29, 0.717) is 22.3 Å². The highest BCUT2D eigenvalue weighted by Gasteiger charge is 2.17. The van der Waals surface area contributed by atoms with Gasteiger partial charge in [0.2, 0.25) is 0 Å². The molecule has 1 heterocycles. The fraction of sp³-hybridized carbons (Fsp3) is 0.160. The Morgan fingerprint density at radius 2 is 1.59 bits per heavy atom. The van der Waals surface area contributed by atoms with Gasteiger partial charge in [-0.05, 0) is 43.3 Å². The van der Waals surface area contributed by atoms with E-state index in [1.54, 1.807) is 7.11 Å². The number of Topliss-reactive ketones (excluding diaryl/α,β-unsaturated/α-hetero) is 1. The molecule has 0 aliphatic carbocycles. The number of carbonyl (C=O) groups excluding carboxylic acids is 1. The highest BCUT2D eigenvalue weighted by Crippen LogP contribution is 2.24. The van der Waals surface area contributed by atoms with Crippen LogP contribution in [0.5, 0.6) is 11.5 Å². The molecule has 0 atom stereocenters. The minimum atomic E-state index is 0.0497. The second-order valence-electron chi connectivity index (χ2n) is 7.11. The van der Waals surface area contributed by atoms with Crippen molar-refractivity contribution in [3.63, 3.8) is 0 Å². The molecule has 0 N–H and O–H groups in total. The largest absolute Gasteiger partial charge is 0.497 e. The van der Waals surface area contributed by atoms with Crippen molar-refractivity contribution in [3.8, 4) is 17.2 Å². The molecule has 4 rings (SSSR count). The Morgan fingerprint density at radius 3 is 2.28 bits per heavy atom. The average Bonchev–Trinajstić information content (AvgIpc) is 3.25. The number of benzene rings is 3. The van der Waals surface area contributed by atoms with Crippen LogP contribution in [0.4, 0.5) is 0 Å². The van der Waals surface area contributed by atoms with Gasteiger partial charge in [-0.15, -0.1) is 10.2 Å². The minimum Gasteiger partial charge on any atom is -0.497 e. The molecule has 0 radical (unpaired) electrons. The lowest BCUT2D eigenvalue weighted by Crippen LogP contribution is -2.08. The highest BCUT2D eigenvalue weighted by molar-refractivity contribution is 7.99. The van der Waals surface area contributed by atoms with Gasteiger partial charge in [0.1, 0.15) is 18.1 Å². The summed E-state index contributed by atoms with van der Waals surface area (Å²) in [6.07, 6.45) is 0. The molecule has 6 nitrogen and oxygen atoms in total. The third-order valence-corrected chi connectivity index (χ3v) is 5.78. The van der Waals surface area contributed by atoms with Crippen LogP contribution in [0.15, 0.2) is 84.0 Å². The van der Waals surface area contributed by atoms with Crippen LogP contribution in [-0.4, -0.2) is 33.4 Å². The van der Waals surface area contributed by atoms with Crippen LogP contribution in [0, 0.1) is 6.92 Å². The lowest BCUT2D eigenvalue weighted by atomic mass is 10.1. The van der Waals surface area contributed by atoms with Crippen molar-refractivity contribution in [1.29, 1.82) is 0 Å². The standard InChI is InChI=1S/C25H23N3O3S/c1-18-8-10-19(11-9-18)23(29)17-32-25-27-26-24(28(25)20-6-4-3-5-7-20)16-31-22-14-12-21(30-2)13-15-22/h3-15H,16-17H2,1-2H3. The number of ketones is 1. The molecule has 32 heavy (non-hydrogen) atoms. The minimum absolute atomic E-state index is 0.0497. The Labute approximate surface area is 191 Å². The van der Waals surface area contributed by atoms with Gasteiger partial charge in [0, 0.05) is 11.3 Å². The highest BCUT2D eigenvalue weighted by atomic mass is 32.2. The van der Waals surface area contributed by atoms with Gasteiger partial charge in [-0.2, -0.15) is 0 Å². The maximum absolute atomic E-state index is 12.6. The molecular weight excluding hydrogens is 422 g/mol. The smallest absolute Gasteiger partial charge is 0.196 e. The van der Waals surface area contributed by atoms with E-state index in [9.17, 15) is 4.79 Å². The summed E-state index contributed by atoms with van der Waals surface area (Å²) in [5, 5.41) is 9.31. The topological polar surface area (TPSA) is 66.2 Å². The zero-order valence-corrected chi connectivity index (χ0v) is 18.7. The number of ether oxygens (including phenoxy) is 2. The molecule has 0 saturated heterocycles. The van der Waals surface area contributed by atoms with E-state index in [-0.39, 0.29) is 18.1 Å². The second-order valence-corrected chi connectivity index (χ2v) is 8.05. The van der Waals surface area contributed by atoms with Crippen LogP contribution in [0.2, 0.25) is 0 Å². The van der Waals surface area contributed by atoms with Crippen molar-refractivity contribution < 1.29 is 14.3 Å². The first-order valence-corrected chi connectivity index (χ1v) is 11.1. The molecule has 0 saturated carbocycles. The van der Waals surface area contributed by atoms with Gasteiger partial charge >= 0.3 is 0 Å². The van der Waals surface area contributed by atoms with Gasteiger partial charge in [0.25, 0.3) is 0 Å². The van der Waals surface area contributed by atoms with Crippen molar-refractivity contribution in [2.75, 3.05) is 12.9 Å². The molecule has 0 spiro atoms. The molecule has 0 bridgehead atoms. The zero-order valence-electron chi connectivity index (χ0n) is 17.9. The van der Waals surface area contributed by atoms with Gasteiger partial charge in [0.05, 0.1) is 12.9 Å². The number of methoxy groups -OCH3 is 1. The fourth-order valence-corrected chi connectivity index (χ4v) is 3.96. The first kappa shape index (κ1) is 21.6. The molecule has 0 amide bonds. The summed E-state index contributed by atoms with van der Waals surface area (Å²) in [6, 6.07) is 24.8. The quantitative estimate of drug-likeness (QED) is 0.263. The van der Waals surface area contributed by atoms with Crippen LogP contribution in [-0.2, 0) is 6.61 Å². The first-order valence-electron chi connectivity index (χ1n) is 10.1. The first-order chi connectivity index (χ1) is 15.6. The monoisotopic (exact) mass is 445 g/mol. The number of aromatic nitrogens is 3. The summed E-state index contributed by atoms with van der Waals surface area (Å²) >= 11 is 1.36. The predicted molar refractivity (Wildman–Crippen MR) is 125 cm³/mol. The molecule has 0 aliphatic heterocycles. The van der Waals surface area contributed by atoms with Crippen molar-refractivity contribution in [3.05, 3.63) is 95.8 Å². The summed E-state index contributed by atoms with van der Waals surface area (Å²) in [6.45, 7) is 2.24. The van der Waals surface area contributed by atoms with E-state index in [1.807, 2.05) is 90.4 Å². The van der Waals surface area contributed by atoms with Crippen LogP contribution in [0.3, 0.4) is 0 Å². The van der Waals surface area contributed by atoms with Crippen LogP contribution >= 0.6 is 11.8 Å². The van der Waals surface area contributed by atoms with Gasteiger partial charge in [-0.25, -0.2) is 0 Å². The maximum atomic E-state index is 12.6. The Morgan fingerprint density at radius 1 is 0.906 bits per heavy atom. The summed E-state index contributed by atoms with van der Waals surface area (Å²) in [5.74, 6) is 2.44. The van der Waals surface area contributed by atoms with Crippen LogP contribution < -0.4 is 9.47 Å². The van der Waals surface area contributed by atoms with E-state index in [2.05, 4.69) is 10.2 Å². The molecule has 7 heteroatoms. The van der Waals surface area contributed by atoms with E-state index in [0.717, 1.165) is 17.0 Å². The molecule has 1 aromatic heterocycles. The van der Waals surface area contributed by atoms with Crippen molar-refractivity contribution in [2.45, 2.75) is 18.7 Å². The van der Waals surface area contributed by atoms with Crippen molar-refractivity contribution in [1.82, 2.24) is 14.8 Å². The molecule has 3 aromatic carbocycles. The maximum Gasteiger partial charge on any atom is 0.196 e. The summed E-state index contributed by atoms with van der Waals surface area (Å²) < 4.78 is 13.0. The van der Waals surface area contributed by atoms with Gasteiger partial charge in [-0.1, -0.05) is 59.8 Å². The molecule has 0 aliphatic rings. The van der Waals surface area contributed by atoms with E-state index >= 15 is 0 Å². The molecule has 0 fully saturated rings. The van der Waals surface area contributed by atoms with Gasteiger partial charge in [-0.3, -0.25) is 9.36 Å². The number of carbonyl (C=O) groups is 1. The number of thioether (sulfide) groups is 1. The van der Waals surface area contributed by atoms with Crippen molar-refractivity contribution >= 4 is 17.5 Å². The van der Waals surface area contributed by atoms with Gasteiger partial charge < -0.3 is 9.47 Å². The lowest BCUT2D eigenvalue weighted by molar-refractivity contribution is 0.102. The lowest BCUT2D eigenvalue weighted by Gasteiger charge is -2.11. The molecular formula is C25H23N3O3S. The van der Waals surface area contributed by atoms with Crippen LogP contribution in [0.1, 0.15) is 21.7 Å². The van der Waals surface area contributed by atoms with E-state index in [1.165, 1.54) is 11.8 Å². The van der Waals surface area contributed by atoms with Crippen LogP contribution in [0.25, 0.3) is 5.69 Å². The summed E-state index contributed by atoms with van der Waals surface area (Å²) in [7, 11) is 1.63. The zero-order chi connectivity index (χ0) is 22.3. The number of hydrogen-bond acceptors (Lipinski definition) is 6. The average molecular weight is 446 g/mol. The number of nitrogens with zero attached hydrogens (tertiary/aromatic N) is 3. The molecule has 4 aromatic rings. The third-order valence-electron chi connectivity index (χ3n) is 4.85. The fourth-order valence-electron chi connectivity index (χ4n) is 3.10. The predicted octanol–water partition coefficient (Wildman–Crippen LogP) is 5.14. The summed E-state index contributed by atoms with van der Waals surface area (Å²) in [4.78, 5) is 12.6.